The second-order valence-corrected chi connectivity index (χ2v) is 6.66. The fourth-order valence-electron chi connectivity index (χ4n) is 2.77. The number of H-pyrrole nitrogens is 1. The number of fused-ring (bicyclic) bond motifs is 1. The average molecular weight is 364 g/mol. The lowest BCUT2D eigenvalue weighted by Crippen LogP contribution is -2.05. The Bertz CT molecular complexity index is 1130. The fourth-order valence-corrected chi connectivity index (χ4v) is 3.43. The zero-order chi connectivity index (χ0) is 18.1. The van der Waals surface area contributed by atoms with E-state index < -0.39 is 0 Å². The van der Waals surface area contributed by atoms with Gasteiger partial charge in [-0.3, -0.25) is 10.1 Å². The highest BCUT2D eigenvalue weighted by Crippen LogP contribution is 2.29. The number of thiophene rings is 1. The van der Waals surface area contributed by atoms with Crippen LogP contribution in [0.25, 0.3) is 21.6 Å². The first kappa shape index (κ1) is 16.2. The summed E-state index contributed by atoms with van der Waals surface area (Å²) in [5.41, 5.74) is 2.26. The summed E-state index contributed by atoms with van der Waals surface area (Å²) in [6.07, 6.45) is 1.49. The van der Waals surface area contributed by atoms with Gasteiger partial charge in [-0.25, -0.2) is 9.37 Å². The highest BCUT2D eigenvalue weighted by molar-refractivity contribution is 7.13. The van der Waals surface area contributed by atoms with Crippen LogP contribution in [0, 0.1) is 24.1 Å². The van der Waals surface area contributed by atoms with E-state index in [-0.39, 0.29) is 5.82 Å². The SMILES string of the molecule is Cc1cc(F)cc2c(NCc3nc(-c4cccs4)n[nH]3)c(C#N)cnc12. The molecule has 0 saturated carbocycles. The molecule has 0 aliphatic carbocycles. The molecular formula is C18H13FN6S. The van der Waals surface area contributed by atoms with Crippen molar-refractivity contribution in [2.45, 2.75) is 13.5 Å². The van der Waals surface area contributed by atoms with Crippen molar-refractivity contribution >= 4 is 27.9 Å². The predicted molar refractivity (Wildman–Crippen MR) is 98.2 cm³/mol. The van der Waals surface area contributed by atoms with E-state index in [0.717, 1.165) is 4.88 Å². The van der Waals surface area contributed by atoms with Crippen LogP contribution >= 0.6 is 11.3 Å². The standard InChI is InChI=1S/C18H13FN6S/c1-10-5-12(19)6-13-16(10)21-8-11(7-20)17(13)22-9-15-23-18(25-24-15)14-3-2-4-26-14/h2-6,8H,9H2,1H3,(H,21,22)(H,23,24,25). The Kier molecular flexibility index (Phi) is 4.07. The summed E-state index contributed by atoms with van der Waals surface area (Å²) in [6.45, 7) is 2.11. The van der Waals surface area contributed by atoms with Crippen molar-refractivity contribution < 1.29 is 4.39 Å². The van der Waals surface area contributed by atoms with Crippen LogP contribution in [0.5, 0.6) is 0 Å². The number of rotatable bonds is 4. The van der Waals surface area contributed by atoms with Crippen LogP contribution < -0.4 is 5.32 Å². The molecule has 0 unspecified atom stereocenters. The number of pyridine rings is 1. The van der Waals surface area contributed by atoms with Crippen LogP contribution in [0.15, 0.2) is 35.8 Å². The Morgan fingerprint density at radius 2 is 2.27 bits per heavy atom. The van der Waals surface area contributed by atoms with Crippen molar-refractivity contribution in [2.24, 2.45) is 0 Å². The predicted octanol–water partition coefficient (Wildman–Crippen LogP) is 4.01. The summed E-state index contributed by atoms with van der Waals surface area (Å²) in [5, 5.41) is 22.2. The smallest absolute Gasteiger partial charge is 0.191 e. The van der Waals surface area contributed by atoms with Gasteiger partial charge >= 0.3 is 0 Å². The van der Waals surface area contributed by atoms with Gasteiger partial charge in [-0.15, -0.1) is 11.3 Å². The van der Waals surface area contributed by atoms with Gasteiger partial charge in [0.15, 0.2) is 5.82 Å². The third kappa shape index (κ3) is 2.89. The van der Waals surface area contributed by atoms with Crippen molar-refractivity contribution in [3.8, 4) is 16.8 Å². The molecule has 0 atom stereocenters. The van der Waals surface area contributed by atoms with Crippen LogP contribution in [0.3, 0.4) is 0 Å². The Labute approximate surface area is 152 Å². The van der Waals surface area contributed by atoms with Crippen molar-refractivity contribution in [3.63, 3.8) is 0 Å². The molecule has 4 aromatic rings. The largest absolute Gasteiger partial charge is 0.376 e. The summed E-state index contributed by atoms with van der Waals surface area (Å²) in [5.74, 6) is 0.878. The minimum atomic E-state index is -0.366. The highest BCUT2D eigenvalue weighted by Gasteiger charge is 2.13. The molecule has 1 aromatic carbocycles. The van der Waals surface area contributed by atoms with Gasteiger partial charge in [0, 0.05) is 11.6 Å². The Morgan fingerprint density at radius 1 is 1.38 bits per heavy atom. The van der Waals surface area contributed by atoms with Gasteiger partial charge in [0.25, 0.3) is 0 Å². The van der Waals surface area contributed by atoms with Crippen molar-refractivity contribution in [1.82, 2.24) is 20.2 Å². The summed E-state index contributed by atoms with van der Waals surface area (Å²) in [4.78, 5) is 9.70. The molecular weight excluding hydrogens is 351 g/mol. The summed E-state index contributed by atoms with van der Waals surface area (Å²) < 4.78 is 13.9. The Morgan fingerprint density at radius 3 is 3.04 bits per heavy atom. The summed E-state index contributed by atoms with van der Waals surface area (Å²) in [7, 11) is 0. The second-order valence-electron chi connectivity index (χ2n) is 5.71. The number of halogens is 1. The fraction of sp³-hybridized carbons (Fsp3) is 0.111. The molecule has 2 N–H and O–H groups in total. The molecule has 6 nitrogen and oxygen atoms in total. The number of aromatic nitrogens is 4. The lowest BCUT2D eigenvalue weighted by molar-refractivity contribution is 0.628. The van der Waals surface area contributed by atoms with Gasteiger partial charge in [-0.2, -0.15) is 10.4 Å². The van der Waals surface area contributed by atoms with E-state index in [1.165, 1.54) is 18.3 Å². The zero-order valence-corrected chi connectivity index (χ0v) is 14.6. The molecule has 128 valence electrons. The number of aromatic amines is 1. The molecule has 0 bridgehead atoms. The first-order valence-corrected chi connectivity index (χ1v) is 8.71. The van der Waals surface area contributed by atoms with Gasteiger partial charge in [-0.1, -0.05) is 6.07 Å². The van der Waals surface area contributed by atoms with Crippen LogP contribution in [0.4, 0.5) is 10.1 Å². The molecule has 0 aliphatic rings. The van der Waals surface area contributed by atoms with Gasteiger partial charge in [0.1, 0.15) is 17.7 Å². The zero-order valence-electron chi connectivity index (χ0n) is 13.7. The lowest BCUT2D eigenvalue weighted by atomic mass is 10.1. The number of anilines is 1. The minimum Gasteiger partial charge on any atom is -0.376 e. The van der Waals surface area contributed by atoms with Crippen molar-refractivity contribution in [1.29, 1.82) is 5.26 Å². The van der Waals surface area contributed by atoms with Crippen LogP contribution in [0.1, 0.15) is 17.0 Å². The molecule has 8 heteroatoms. The number of aryl methyl sites for hydroxylation is 1. The maximum Gasteiger partial charge on any atom is 0.191 e. The Balaban J connectivity index is 1.68. The average Bonchev–Trinajstić information content (AvgIpc) is 3.30. The van der Waals surface area contributed by atoms with Crippen molar-refractivity contribution in [3.05, 3.63) is 58.6 Å². The van der Waals surface area contributed by atoms with Gasteiger partial charge in [0.05, 0.1) is 28.2 Å². The maximum absolute atomic E-state index is 13.9. The molecule has 0 spiro atoms. The van der Waals surface area contributed by atoms with Gasteiger partial charge < -0.3 is 5.32 Å². The van der Waals surface area contributed by atoms with Crippen LogP contribution in [-0.4, -0.2) is 20.2 Å². The minimum absolute atomic E-state index is 0.321. The molecule has 0 fully saturated rings. The molecule has 4 rings (SSSR count). The molecule has 0 saturated heterocycles. The first-order valence-electron chi connectivity index (χ1n) is 7.83. The molecule has 0 aliphatic heterocycles. The molecule has 3 heterocycles. The van der Waals surface area contributed by atoms with Gasteiger partial charge in [-0.05, 0) is 36.1 Å². The first-order chi connectivity index (χ1) is 12.7. The molecule has 3 aromatic heterocycles. The summed E-state index contributed by atoms with van der Waals surface area (Å²) >= 11 is 1.56. The van der Waals surface area contributed by atoms with E-state index in [4.69, 9.17) is 0 Å². The number of nitriles is 1. The van der Waals surface area contributed by atoms with E-state index in [2.05, 4.69) is 31.6 Å². The maximum atomic E-state index is 13.9. The van der Waals surface area contributed by atoms with E-state index in [9.17, 15) is 9.65 Å². The lowest BCUT2D eigenvalue weighted by Gasteiger charge is -2.11. The summed E-state index contributed by atoms with van der Waals surface area (Å²) in [6, 6.07) is 8.79. The number of hydrogen-bond acceptors (Lipinski definition) is 6. The molecule has 0 radical (unpaired) electrons. The van der Waals surface area contributed by atoms with E-state index in [0.29, 0.717) is 45.9 Å². The highest BCUT2D eigenvalue weighted by atomic mass is 32.1. The number of nitrogens with zero attached hydrogens (tertiary/aromatic N) is 4. The van der Waals surface area contributed by atoms with E-state index in [1.807, 2.05) is 17.5 Å². The molecule has 0 amide bonds. The topological polar surface area (TPSA) is 90.3 Å². The molecule has 26 heavy (non-hydrogen) atoms. The normalized spacial score (nSPS) is 10.8. The number of benzene rings is 1. The number of hydrogen-bond donors (Lipinski definition) is 2. The quantitative estimate of drug-likeness (QED) is 0.571. The third-order valence-electron chi connectivity index (χ3n) is 3.95. The van der Waals surface area contributed by atoms with Crippen LogP contribution in [0.2, 0.25) is 0 Å². The van der Waals surface area contributed by atoms with Crippen LogP contribution in [-0.2, 0) is 6.54 Å². The van der Waals surface area contributed by atoms with Crippen molar-refractivity contribution in [2.75, 3.05) is 5.32 Å². The second kappa shape index (κ2) is 6.54. The van der Waals surface area contributed by atoms with E-state index in [1.54, 1.807) is 18.3 Å². The monoisotopic (exact) mass is 364 g/mol. The number of nitrogens with one attached hydrogen (secondary N) is 2. The van der Waals surface area contributed by atoms with Gasteiger partial charge in [0.2, 0.25) is 0 Å². The third-order valence-corrected chi connectivity index (χ3v) is 4.82. The van der Waals surface area contributed by atoms with E-state index >= 15 is 0 Å². The Hall–Kier alpha value is -3.31.